The van der Waals surface area contributed by atoms with Crippen LogP contribution in [0.15, 0.2) is 0 Å². The number of carboxylic acids is 1. The zero-order valence-corrected chi connectivity index (χ0v) is 13.4. The van der Waals surface area contributed by atoms with E-state index >= 15 is 0 Å². The van der Waals surface area contributed by atoms with Gasteiger partial charge in [0.15, 0.2) is 0 Å². The number of rotatable bonds is 3. The lowest BCUT2D eigenvalue weighted by atomic mass is 9.91. The molecule has 21 heavy (non-hydrogen) atoms. The van der Waals surface area contributed by atoms with Gasteiger partial charge in [0.2, 0.25) is 0 Å². The third kappa shape index (κ3) is 3.93. The molecule has 2 rings (SSSR count). The third-order valence-electron chi connectivity index (χ3n) is 3.76. The van der Waals surface area contributed by atoms with Crippen LogP contribution in [0.3, 0.4) is 0 Å². The molecule has 0 spiro atoms. The number of thiazole rings is 1. The number of carbonyl (C=O) groups excluding carboxylic acids is 1. The second-order valence-electron chi connectivity index (χ2n) is 5.69. The number of aryl methyl sites for hydroxylation is 2. The number of carboxylic acid groups (broad SMARTS) is 1. The normalized spacial score (nSPS) is 22.1. The molecule has 1 aliphatic rings. The molecule has 1 aromatic rings. The minimum absolute atomic E-state index is 0.204. The van der Waals surface area contributed by atoms with Gasteiger partial charge in [-0.05, 0) is 26.2 Å². The Hall–Kier alpha value is -1.63. The molecule has 2 heterocycles. The number of hydrogen-bond acceptors (Lipinski definition) is 4. The van der Waals surface area contributed by atoms with Gasteiger partial charge in [0.1, 0.15) is 5.01 Å². The van der Waals surface area contributed by atoms with Gasteiger partial charge < -0.3 is 15.3 Å². The Morgan fingerprint density at radius 1 is 1.43 bits per heavy atom. The van der Waals surface area contributed by atoms with E-state index in [1.54, 1.807) is 16.2 Å². The van der Waals surface area contributed by atoms with Crippen LogP contribution in [-0.2, 0) is 11.3 Å². The van der Waals surface area contributed by atoms with E-state index in [4.69, 9.17) is 5.11 Å². The highest BCUT2D eigenvalue weighted by Gasteiger charge is 2.31. The van der Waals surface area contributed by atoms with E-state index in [1.807, 2.05) is 20.8 Å². The number of carbonyl (C=O) groups is 2. The van der Waals surface area contributed by atoms with Gasteiger partial charge in [0.05, 0.1) is 18.2 Å². The standard InChI is InChI=1S/C14H21N3O3S/c1-8-4-11(13(18)19)7-17(6-8)14(20)15-5-12-16-9(2)10(3)21-12/h8,11H,4-7H2,1-3H3,(H,15,20)(H,18,19). The SMILES string of the molecule is Cc1nc(CNC(=O)N2CC(C)CC(C(=O)O)C2)sc1C. The van der Waals surface area contributed by atoms with E-state index in [1.165, 1.54) is 0 Å². The minimum Gasteiger partial charge on any atom is -0.481 e. The lowest BCUT2D eigenvalue weighted by Crippen LogP contribution is -2.49. The molecule has 2 atom stereocenters. The van der Waals surface area contributed by atoms with Gasteiger partial charge in [-0.15, -0.1) is 11.3 Å². The van der Waals surface area contributed by atoms with Crippen LogP contribution in [0.25, 0.3) is 0 Å². The number of nitrogens with zero attached hydrogens (tertiary/aromatic N) is 2. The summed E-state index contributed by atoms with van der Waals surface area (Å²) in [4.78, 5) is 30.4. The zero-order valence-electron chi connectivity index (χ0n) is 12.5. The first-order valence-electron chi connectivity index (χ1n) is 7.05. The quantitative estimate of drug-likeness (QED) is 0.894. The Bertz CT molecular complexity index is 524. The van der Waals surface area contributed by atoms with E-state index < -0.39 is 11.9 Å². The van der Waals surface area contributed by atoms with Crippen molar-refractivity contribution < 1.29 is 14.7 Å². The van der Waals surface area contributed by atoms with Gasteiger partial charge in [-0.1, -0.05) is 6.92 Å². The fourth-order valence-electron chi connectivity index (χ4n) is 2.57. The van der Waals surface area contributed by atoms with Crippen molar-refractivity contribution in [3.63, 3.8) is 0 Å². The maximum Gasteiger partial charge on any atom is 0.317 e. The Labute approximate surface area is 128 Å². The van der Waals surface area contributed by atoms with Gasteiger partial charge in [-0.25, -0.2) is 9.78 Å². The molecule has 0 saturated carbocycles. The number of aromatic nitrogens is 1. The highest BCUT2D eigenvalue weighted by molar-refractivity contribution is 7.11. The molecular formula is C14H21N3O3S. The van der Waals surface area contributed by atoms with Crippen LogP contribution in [0.5, 0.6) is 0 Å². The summed E-state index contributed by atoms with van der Waals surface area (Å²) in [7, 11) is 0. The van der Waals surface area contributed by atoms with E-state index in [9.17, 15) is 9.59 Å². The van der Waals surface area contributed by atoms with Crippen molar-refractivity contribution in [2.75, 3.05) is 13.1 Å². The molecule has 0 radical (unpaired) electrons. The number of nitrogens with one attached hydrogen (secondary N) is 1. The molecule has 0 bridgehead atoms. The lowest BCUT2D eigenvalue weighted by Gasteiger charge is -2.34. The van der Waals surface area contributed by atoms with Gasteiger partial charge in [0, 0.05) is 18.0 Å². The molecular weight excluding hydrogens is 290 g/mol. The molecule has 1 fully saturated rings. The molecule has 0 aliphatic carbocycles. The van der Waals surface area contributed by atoms with Crippen molar-refractivity contribution >= 4 is 23.3 Å². The van der Waals surface area contributed by atoms with Crippen molar-refractivity contribution in [3.05, 3.63) is 15.6 Å². The summed E-state index contributed by atoms with van der Waals surface area (Å²) in [5.74, 6) is -1.09. The third-order valence-corrected chi connectivity index (χ3v) is 4.83. The molecule has 2 amide bonds. The summed E-state index contributed by atoms with van der Waals surface area (Å²) < 4.78 is 0. The zero-order chi connectivity index (χ0) is 15.6. The Kier molecular flexibility index (Phi) is 4.82. The van der Waals surface area contributed by atoms with Crippen LogP contribution in [0.4, 0.5) is 4.79 Å². The highest BCUT2D eigenvalue weighted by Crippen LogP contribution is 2.22. The fraction of sp³-hybridized carbons (Fsp3) is 0.643. The molecule has 2 unspecified atom stereocenters. The van der Waals surface area contributed by atoms with Crippen molar-refractivity contribution in [1.82, 2.24) is 15.2 Å². The monoisotopic (exact) mass is 311 g/mol. The maximum absolute atomic E-state index is 12.2. The minimum atomic E-state index is -0.828. The first-order valence-corrected chi connectivity index (χ1v) is 7.87. The average Bonchev–Trinajstić information content (AvgIpc) is 2.74. The number of piperidine rings is 1. The summed E-state index contributed by atoms with van der Waals surface area (Å²) in [6.07, 6.45) is 0.629. The van der Waals surface area contributed by atoms with E-state index in [2.05, 4.69) is 10.3 Å². The first-order chi connectivity index (χ1) is 9.86. The summed E-state index contributed by atoms with van der Waals surface area (Å²) in [6, 6.07) is -0.210. The molecule has 1 aliphatic heterocycles. The smallest absolute Gasteiger partial charge is 0.317 e. The molecule has 2 N–H and O–H groups in total. The second-order valence-corrected chi connectivity index (χ2v) is 6.98. The van der Waals surface area contributed by atoms with Crippen LogP contribution >= 0.6 is 11.3 Å². The Balaban J connectivity index is 1.91. The van der Waals surface area contributed by atoms with Gasteiger partial charge in [-0.2, -0.15) is 0 Å². The van der Waals surface area contributed by atoms with Gasteiger partial charge in [0.25, 0.3) is 0 Å². The Morgan fingerprint density at radius 2 is 2.14 bits per heavy atom. The molecule has 0 aromatic carbocycles. The average molecular weight is 311 g/mol. The van der Waals surface area contributed by atoms with Crippen LogP contribution in [0.2, 0.25) is 0 Å². The topological polar surface area (TPSA) is 82.5 Å². The number of aliphatic carboxylic acids is 1. The number of amides is 2. The second kappa shape index (κ2) is 6.43. The maximum atomic E-state index is 12.2. The molecule has 116 valence electrons. The summed E-state index contributed by atoms with van der Waals surface area (Å²) in [5, 5.41) is 12.8. The van der Waals surface area contributed by atoms with Crippen molar-refractivity contribution in [1.29, 1.82) is 0 Å². The lowest BCUT2D eigenvalue weighted by molar-refractivity contribution is -0.143. The molecule has 1 saturated heterocycles. The highest BCUT2D eigenvalue weighted by atomic mass is 32.1. The number of hydrogen-bond donors (Lipinski definition) is 2. The van der Waals surface area contributed by atoms with E-state index in [-0.39, 0.29) is 18.5 Å². The number of likely N-dealkylation sites (tertiary alicyclic amines) is 1. The first kappa shape index (κ1) is 15.8. The Morgan fingerprint density at radius 3 is 2.71 bits per heavy atom. The largest absolute Gasteiger partial charge is 0.481 e. The van der Waals surface area contributed by atoms with Crippen LogP contribution in [0.1, 0.15) is 28.9 Å². The van der Waals surface area contributed by atoms with Crippen LogP contribution < -0.4 is 5.32 Å². The molecule has 7 heteroatoms. The summed E-state index contributed by atoms with van der Waals surface area (Å²) in [5.41, 5.74) is 0.988. The van der Waals surface area contributed by atoms with Gasteiger partial charge >= 0.3 is 12.0 Å². The number of urea groups is 1. The van der Waals surface area contributed by atoms with Crippen molar-refractivity contribution in [2.45, 2.75) is 33.7 Å². The van der Waals surface area contributed by atoms with E-state index in [0.717, 1.165) is 15.6 Å². The molecule has 1 aromatic heterocycles. The fourth-order valence-corrected chi connectivity index (χ4v) is 3.45. The summed E-state index contributed by atoms with van der Waals surface area (Å²) >= 11 is 1.57. The molecule has 6 nitrogen and oxygen atoms in total. The van der Waals surface area contributed by atoms with Crippen molar-refractivity contribution in [2.24, 2.45) is 11.8 Å². The van der Waals surface area contributed by atoms with Crippen molar-refractivity contribution in [3.8, 4) is 0 Å². The summed E-state index contributed by atoms with van der Waals surface area (Å²) in [6.45, 7) is 7.19. The van der Waals surface area contributed by atoms with Gasteiger partial charge in [-0.3, -0.25) is 4.79 Å². The van der Waals surface area contributed by atoms with Crippen LogP contribution in [0, 0.1) is 25.7 Å². The predicted molar refractivity (Wildman–Crippen MR) is 80.3 cm³/mol. The predicted octanol–water partition coefficient (Wildman–Crippen LogP) is 2.01. The van der Waals surface area contributed by atoms with E-state index in [0.29, 0.717) is 19.5 Å². The van der Waals surface area contributed by atoms with Crippen LogP contribution in [-0.4, -0.2) is 40.1 Å².